The van der Waals surface area contributed by atoms with Crippen LogP contribution in [0.15, 0.2) is 42.5 Å². The molecule has 2 atom stereocenters. The fourth-order valence-electron chi connectivity index (χ4n) is 2.93. The zero-order chi connectivity index (χ0) is 22.5. The van der Waals surface area contributed by atoms with Crippen LogP contribution in [0, 0.1) is 0 Å². The summed E-state index contributed by atoms with van der Waals surface area (Å²) in [5, 5.41) is 23.1. The number of nitrogens with zero attached hydrogens (tertiary/aromatic N) is 1. The molecule has 30 heavy (non-hydrogen) atoms. The maximum atomic E-state index is 12.9. The van der Waals surface area contributed by atoms with Crippen molar-refractivity contribution < 1.29 is 28.2 Å². The number of carbonyl (C=O) groups is 1. The number of nitrogens with one attached hydrogen (secondary N) is 1. The van der Waals surface area contributed by atoms with Gasteiger partial charge in [-0.15, -0.1) is 0 Å². The molecule has 0 aliphatic carbocycles. The van der Waals surface area contributed by atoms with Crippen LogP contribution >= 0.6 is 0 Å². The first-order valence-corrected chi connectivity index (χ1v) is 9.41. The van der Waals surface area contributed by atoms with E-state index in [1.165, 1.54) is 24.3 Å². The molecule has 2 rings (SSSR count). The Morgan fingerprint density at radius 3 is 2.57 bits per heavy atom. The van der Waals surface area contributed by atoms with Crippen LogP contribution in [0.3, 0.4) is 0 Å². The summed E-state index contributed by atoms with van der Waals surface area (Å²) in [6.45, 7) is 2.60. The van der Waals surface area contributed by atoms with Crippen LogP contribution in [0.4, 0.5) is 18.9 Å². The van der Waals surface area contributed by atoms with Crippen LogP contribution in [0.1, 0.15) is 40.9 Å². The van der Waals surface area contributed by atoms with Gasteiger partial charge in [-0.1, -0.05) is 12.1 Å². The highest BCUT2D eigenvalue weighted by molar-refractivity contribution is 5.95. The molecule has 0 aliphatic rings. The van der Waals surface area contributed by atoms with E-state index in [4.69, 9.17) is 5.73 Å². The number of hydrogen-bond acceptors (Lipinski definition) is 5. The van der Waals surface area contributed by atoms with E-state index in [-0.39, 0.29) is 23.9 Å². The van der Waals surface area contributed by atoms with E-state index in [1.54, 1.807) is 18.0 Å². The molecule has 2 aromatic carbocycles. The lowest BCUT2D eigenvalue weighted by atomic mass is 10.0. The standard InChI is InChI=1S/C21H26F3N3O3/c1-13(8-9-27(2)16-5-3-4-15(11-16)21(22,23)24)26-12-19(29)14-6-7-18(28)17(10-14)20(25)30/h3-7,10-11,13,19,26,28-29H,8-9,12H2,1-2H3,(H2,25,30). The van der Waals surface area contributed by atoms with Crippen molar-refractivity contribution in [2.75, 3.05) is 25.0 Å². The number of anilines is 1. The minimum atomic E-state index is -4.38. The van der Waals surface area contributed by atoms with E-state index < -0.39 is 23.8 Å². The second kappa shape index (κ2) is 9.82. The number of nitrogens with two attached hydrogens (primary N) is 1. The Kier molecular flexibility index (Phi) is 7.69. The van der Waals surface area contributed by atoms with E-state index in [1.807, 2.05) is 6.92 Å². The third-order valence-electron chi connectivity index (χ3n) is 4.84. The number of carbonyl (C=O) groups excluding carboxylic acids is 1. The van der Waals surface area contributed by atoms with Gasteiger partial charge in [-0.3, -0.25) is 4.79 Å². The first-order chi connectivity index (χ1) is 14.0. The first kappa shape index (κ1) is 23.5. The molecule has 9 heteroatoms. The van der Waals surface area contributed by atoms with Gasteiger partial charge in [0.2, 0.25) is 0 Å². The summed E-state index contributed by atoms with van der Waals surface area (Å²) < 4.78 is 38.6. The van der Waals surface area contributed by atoms with Crippen molar-refractivity contribution in [1.82, 2.24) is 5.32 Å². The van der Waals surface area contributed by atoms with Gasteiger partial charge in [0.25, 0.3) is 5.91 Å². The van der Waals surface area contributed by atoms with Crippen molar-refractivity contribution in [3.8, 4) is 5.75 Å². The Bertz CT molecular complexity index is 874. The smallest absolute Gasteiger partial charge is 0.416 e. The summed E-state index contributed by atoms with van der Waals surface area (Å²) >= 11 is 0. The summed E-state index contributed by atoms with van der Waals surface area (Å²) in [7, 11) is 1.72. The van der Waals surface area contributed by atoms with Crippen molar-refractivity contribution in [1.29, 1.82) is 0 Å². The quantitative estimate of drug-likeness (QED) is 0.495. The number of aromatic hydroxyl groups is 1. The monoisotopic (exact) mass is 425 g/mol. The molecule has 0 aliphatic heterocycles. The third kappa shape index (κ3) is 6.36. The van der Waals surface area contributed by atoms with Crippen LogP contribution in [0.2, 0.25) is 0 Å². The van der Waals surface area contributed by atoms with Crippen LogP contribution in [-0.4, -0.2) is 42.3 Å². The predicted octanol–water partition coefficient (Wildman–Crippen LogP) is 3.05. The van der Waals surface area contributed by atoms with Gasteiger partial charge >= 0.3 is 6.18 Å². The predicted molar refractivity (Wildman–Crippen MR) is 108 cm³/mol. The molecular formula is C21H26F3N3O3. The Morgan fingerprint density at radius 1 is 1.23 bits per heavy atom. The number of phenols is 1. The highest BCUT2D eigenvalue weighted by Crippen LogP contribution is 2.31. The van der Waals surface area contributed by atoms with E-state index in [0.29, 0.717) is 24.2 Å². The number of hydrogen-bond donors (Lipinski definition) is 4. The van der Waals surface area contributed by atoms with Crippen molar-refractivity contribution in [3.63, 3.8) is 0 Å². The lowest BCUT2D eigenvalue weighted by Gasteiger charge is -2.24. The SMILES string of the molecule is CC(CCN(C)c1cccc(C(F)(F)F)c1)NCC(O)c1ccc(O)c(C(N)=O)c1. The second-order valence-corrected chi connectivity index (χ2v) is 7.22. The number of amides is 1. The molecule has 2 unspecified atom stereocenters. The molecule has 1 amide bonds. The topological polar surface area (TPSA) is 98.8 Å². The Morgan fingerprint density at radius 2 is 1.93 bits per heavy atom. The largest absolute Gasteiger partial charge is 0.507 e. The minimum Gasteiger partial charge on any atom is -0.507 e. The Labute approximate surface area is 173 Å². The summed E-state index contributed by atoms with van der Waals surface area (Å²) in [4.78, 5) is 13.0. The molecule has 6 nitrogen and oxygen atoms in total. The van der Waals surface area contributed by atoms with Gasteiger partial charge in [0.15, 0.2) is 0 Å². The van der Waals surface area contributed by atoms with Gasteiger partial charge in [0, 0.05) is 31.9 Å². The van der Waals surface area contributed by atoms with E-state index in [0.717, 1.165) is 12.1 Å². The zero-order valence-corrected chi connectivity index (χ0v) is 16.8. The lowest BCUT2D eigenvalue weighted by molar-refractivity contribution is -0.137. The van der Waals surface area contributed by atoms with E-state index in [2.05, 4.69) is 5.32 Å². The number of rotatable bonds is 9. The molecule has 164 valence electrons. The van der Waals surface area contributed by atoms with Crippen LogP contribution in [0.25, 0.3) is 0 Å². The van der Waals surface area contributed by atoms with E-state index in [9.17, 15) is 28.2 Å². The van der Waals surface area contributed by atoms with Gasteiger partial charge in [-0.2, -0.15) is 13.2 Å². The van der Waals surface area contributed by atoms with Crippen LogP contribution in [0.5, 0.6) is 5.75 Å². The molecule has 5 N–H and O–H groups in total. The van der Waals surface area contributed by atoms with Crippen molar-refractivity contribution >= 4 is 11.6 Å². The molecule has 0 spiro atoms. The zero-order valence-electron chi connectivity index (χ0n) is 16.8. The first-order valence-electron chi connectivity index (χ1n) is 9.41. The minimum absolute atomic E-state index is 0.0272. The summed E-state index contributed by atoms with van der Waals surface area (Å²) in [6.07, 6.45) is -4.68. The second-order valence-electron chi connectivity index (χ2n) is 7.22. The third-order valence-corrected chi connectivity index (χ3v) is 4.84. The molecule has 0 saturated heterocycles. The van der Waals surface area contributed by atoms with Gasteiger partial charge < -0.3 is 26.2 Å². The van der Waals surface area contributed by atoms with Crippen molar-refractivity contribution in [2.24, 2.45) is 5.73 Å². The van der Waals surface area contributed by atoms with Gasteiger partial charge in [-0.25, -0.2) is 0 Å². The molecule has 0 saturated carbocycles. The maximum absolute atomic E-state index is 12.9. The Hall–Kier alpha value is -2.78. The van der Waals surface area contributed by atoms with Crippen LogP contribution < -0.4 is 16.0 Å². The normalized spacial score (nSPS) is 13.7. The fourth-order valence-corrected chi connectivity index (χ4v) is 2.93. The van der Waals surface area contributed by atoms with Crippen molar-refractivity contribution in [3.05, 3.63) is 59.2 Å². The molecule has 0 radical (unpaired) electrons. The number of primary amides is 1. The highest BCUT2D eigenvalue weighted by atomic mass is 19.4. The summed E-state index contributed by atoms with van der Waals surface area (Å²) in [5.41, 5.74) is 5.34. The average Bonchev–Trinajstić information content (AvgIpc) is 2.69. The molecule has 0 bridgehead atoms. The number of benzene rings is 2. The summed E-state index contributed by atoms with van der Waals surface area (Å²) in [6, 6.07) is 9.27. The molecular weight excluding hydrogens is 399 g/mol. The fraction of sp³-hybridized carbons (Fsp3) is 0.381. The van der Waals surface area contributed by atoms with Gasteiger partial charge in [0.05, 0.1) is 17.2 Å². The summed E-state index contributed by atoms with van der Waals surface area (Å²) in [5.74, 6) is -1.04. The number of aliphatic hydroxyl groups excluding tert-OH is 1. The van der Waals surface area contributed by atoms with Gasteiger partial charge in [-0.05, 0) is 49.2 Å². The van der Waals surface area contributed by atoms with Crippen molar-refractivity contribution in [2.45, 2.75) is 31.7 Å². The molecule has 0 aromatic heterocycles. The maximum Gasteiger partial charge on any atom is 0.416 e. The molecule has 0 fully saturated rings. The molecule has 0 heterocycles. The van der Waals surface area contributed by atoms with Gasteiger partial charge in [0.1, 0.15) is 5.75 Å². The highest BCUT2D eigenvalue weighted by Gasteiger charge is 2.30. The molecule has 2 aromatic rings. The van der Waals surface area contributed by atoms with E-state index >= 15 is 0 Å². The average molecular weight is 425 g/mol. The number of aliphatic hydroxyl groups is 1. The number of alkyl halides is 3. The number of halogens is 3. The van der Waals surface area contributed by atoms with Crippen LogP contribution in [-0.2, 0) is 6.18 Å². The lowest BCUT2D eigenvalue weighted by Crippen LogP contribution is -2.33. The Balaban J connectivity index is 1.87.